The first-order valence-electron chi connectivity index (χ1n) is 13.0. The molecule has 6 atom stereocenters. The molecule has 1 aliphatic heterocycles. The number of halogens is 2. The maximum atomic E-state index is 14.7. The summed E-state index contributed by atoms with van der Waals surface area (Å²) in [6.07, 6.45) is -7.74. The van der Waals surface area contributed by atoms with Crippen LogP contribution in [0.1, 0.15) is 47.8 Å². The molecule has 0 amide bonds. The van der Waals surface area contributed by atoms with Crippen molar-refractivity contribution in [1.82, 2.24) is 29.7 Å². The van der Waals surface area contributed by atoms with E-state index in [0.29, 0.717) is 0 Å². The second kappa shape index (κ2) is 13.5. The number of alkyl halides is 2. The van der Waals surface area contributed by atoms with Crippen molar-refractivity contribution in [1.29, 1.82) is 0 Å². The van der Waals surface area contributed by atoms with Gasteiger partial charge in [0.25, 0.3) is 6.43 Å². The molecule has 3 rings (SSSR count). The average molecular weight is 640 g/mol. The number of esters is 2. The van der Waals surface area contributed by atoms with Crippen LogP contribution < -0.4 is 15.9 Å². The van der Waals surface area contributed by atoms with Gasteiger partial charge in [0.2, 0.25) is 0 Å². The van der Waals surface area contributed by atoms with Gasteiger partial charge in [0.1, 0.15) is 42.5 Å². The highest BCUT2D eigenvalue weighted by Gasteiger charge is 2.61. The number of nitrogens with one attached hydrogen (secondary N) is 2. The number of rotatable bonds is 13. The number of aliphatic hydroxyl groups is 2. The van der Waals surface area contributed by atoms with Gasteiger partial charge in [-0.15, -0.1) is 0 Å². The summed E-state index contributed by atoms with van der Waals surface area (Å²) in [6.45, 7) is 4.52. The smallest absolute Gasteiger partial charge is 0.323 e. The Hall–Kier alpha value is -2.44. The lowest BCUT2D eigenvalue weighted by Gasteiger charge is -2.35. The maximum absolute atomic E-state index is 14.7. The van der Waals surface area contributed by atoms with Crippen LogP contribution in [-0.4, -0.2) is 96.8 Å². The molecule has 0 aliphatic carbocycles. The molecule has 1 aliphatic rings. The van der Waals surface area contributed by atoms with Gasteiger partial charge in [-0.1, -0.05) is 0 Å². The van der Waals surface area contributed by atoms with E-state index in [0.717, 1.165) is 17.2 Å². The lowest BCUT2D eigenvalue weighted by molar-refractivity contribution is -0.190. The predicted octanol–water partition coefficient (Wildman–Crippen LogP) is 0.764. The maximum Gasteiger partial charge on any atom is 0.323 e. The topological polar surface area (TPSA) is 205 Å². The first kappa shape index (κ1) is 34.1. The highest BCUT2D eigenvalue weighted by atomic mass is 32.4. The third-order valence-corrected chi connectivity index (χ3v) is 9.00. The van der Waals surface area contributed by atoms with Crippen molar-refractivity contribution in [3.05, 3.63) is 12.7 Å². The van der Waals surface area contributed by atoms with Crippen LogP contribution in [0.15, 0.2) is 12.7 Å². The van der Waals surface area contributed by atoms with E-state index in [2.05, 4.69) is 25.1 Å². The van der Waals surface area contributed by atoms with Crippen molar-refractivity contribution in [2.24, 2.45) is 0 Å². The van der Waals surface area contributed by atoms with Crippen LogP contribution in [0.5, 0.6) is 0 Å². The standard InChI is InChI=1S/C23H36F2N7O8PS/c1-10(2)38-20(35)12(5)30-41(42,31-13(6)21(36)39-11(3)4)37-7-23(22(24)25)16(34)15(33)19(40-23)32-9-29-18-14(32)17(26)27-8-28-18/h8-13,15-16,19,22,33-34H,7H2,1-6H3,(H2,26,27,28)(H2,30,31,42). The molecule has 2 aromatic rings. The van der Waals surface area contributed by atoms with Gasteiger partial charge >= 0.3 is 11.9 Å². The van der Waals surface area contributed by atoms with Crippen molar-refractivity contribution in [2.75, 3.05) is 12.3 Å². The number of ether oxygens (including phenoxy) is 3. The fraction of sp³-hybridized carbons (Fsp3) is 0.696. The van der Waals surface area contributed by atoms with Crippen LogP contribution in [0.2, 0.25) is 0 Å². The molecule has 0 radical (unpaired) electrons. The number of nitrogens with two attached hydrogens (primary N) is 1. The Morgan fingerprint density at radius 3 is 2.14 bits per heavy atom. The zero-order chi connectivity index (χ0) is 31.6. The van der Waals surface area contributed by atoms with E-state index < -0.39 is 79.9 Å². The lowest BCUT2D eigenvalue weighted by Crippen LogP contribution is -2.53. The fourth-order valence-electron chi connectivity index (χ4n) is 4.07. The molecule has 19 heteroatoms. The molecule has 0 spiro atoms. The molecular formula is C23H36F2N7O8PS. The van der Waals surface area contributed by atoms with Gasteiger partial charge < -0.3 is 34.7 Å². The van der Waals surface area contributed by atoms with Crippen molar-refractivity contribution in [2.45, 2.75) is 96.3 Å². The third kappa shape index (κ3) is 7.37. The Morgan fingerprint density at radius 1 is 1.10 bits per heavy atom. The van der Waals surface area contributed by atoms with E-state index in [9.17, 15) is 28.6 Å². The summed E-state index contributed by atoms with van der Waals surface area (Å²) in [4.78, 5) is 36.8. The summed E-state index contributed by atoms with van der Waals surface area (Å²) < 4.78 is 52.3. The monoisotopic (exact) mass is 639 g/mol. The van der Waals surface area contributed by atoms with Crippen LogP contribution in [-0.2, 0) is 40.1 Å². The molecule has 1 fully saturated rings. The Kier molecular flexibility index (Phi) is 10.9. The van der Waals surface area contributed by atoms with Crippen LogP contribution in [0, 0.1) is 0 Å². The molecule has 42 heavy (non-hydrogen) atoms. The summed E-state index contributed by atoms with van der Waals surface area (Å²) in [5, 5.41) is 27.2. The van der Waals surface area contributed by atoms with Gasteiger partial charge in [-0.3, -0.25) is 14.2 Å². The quantitative estimate of drug-likeness (QED) is 0.152. The Labute approximate surface area is 245 Å². The minimum absolute atomic E-state index is 0.0676. The molecular weight excluding hydrogens is 603 g/mol. The van der Waals surface area contributed by atoms with Gasteiger partial charge in [-0.25, -0.2) is 33.9 Å². The zero-order valence-electron chi connectivity index (χ0n) is 23.8. The second-order valence-corrected chi connectivity index (χ2v) is 13.7. The molecule has 1 saturated heterocycles. The Bertz CT molecular complexity index is 1290. The molecule has 0 bridgehead atoms. The van der Waals surface area contributed by atoms with E-state index in [1.165, 1.54) is 13.8 Å². The number of anilines is 1. The van der Waals surface area contributed by atoms with E-state index in [4.69, 9.17) is 36.3 Å². The number of carbonyl (C=O) groups is 2. The number of imidazole rings is 1. The summed E-state index contributed by atoms with van der Waals surface area (Å²) in [5.74, 6) is -1.50. The molecule has 6 N–H and O–H groups in total. The van der Waals surface area contributed by atoms with Gasteiger partial charge in [-0.05, 0) is 53.3 Å². The van der Waals surface area contributed by atoms with E-state index in [1.54, 1.807) is 27.7 Å². The first-order valence-corrected chi connectivity index (χ1v) is 15.7. The summed E-state index contributed by atoms with van der Waals surface area (Å²) in [7, 11) is 0. The van der Waals surface area contributed by atoms with Crippen molar-refractivity contribution >= 4 is 47.3 Å². The van der Waals surface area contributed by atoms with Crippen LogP contribution >= 0.6 is 6.57 Å². The Balaban J connectivity index is 1.92. The second-order valence-electron chi connectivity index (χ2n) is 10.3. The van der Waals surface area contributed by atoms with Crippen molar-refractivity contribution < 1.29 is 47.3 Å². The Morgan fingerprint density at radius 2 is 1.64 bits per heavy atom. The number of nitrogen functional groups attached to an aromatic ring is 1. The number of nitrogens with zero attached hydrogens (tertiary/aromatic N) is 4. The highest BCUT2D eigenvalue weighted by molar-refractivity contribution is 8.10. The molecule has 0 aromatic carbocycles. The lowest BCUT2D eigenvalue weighted by atomic mass is 9.96. The first-order chi connectivity index (χ1) is 19.5. The third-order valence-electron chi connectivity index (χ3n) is 6.10. The SMILES string of the molecule is CC(C)OC(=O)C(C)NP(=S)(NC(C)C(=O)OC(C)C)OCC1(C(F)F)OC(n2cnc3ncnc(N)c32)C(O)C1O. The van der Waals surface area contributed by atoms with E-state index in [-0.39, 0.29) is 17.0 Å². The largest absolute Gasteiger partial charge is 0.462 e. The van der Waals surface area contributed by atoms with Crippen LogP contribution in [0.4, 0.5) is 14.6 Å². The summed E-state index contributed by atoms with van der Waals surface area (Å²) in [5.41, 5.74) is 3.28. The summed E-state index contributed by atoms with van der Waals surface area (Å²) >= 11 is 5.61. The van der Waals surface area contributed by atoms with Crippen molar-refractivity contribution in [3.63, 3.8) is 0 Å². The van der Waals surface area contributed by atoms with Gasteiger partial charge in [-0.2, -0.15) is 0 Å². The number of hydrogen-bond acceptors (Lipinski definition) is 13. The van der Waals surface area contributed by atoms with Gasteiger partial charge in [0.05, 0.1) is 18.8 Å². The predicted molar refractivity (Wildman–Crippen MR) is 148 cm³/mol. The van der Waals surface area contributed by atoms with E-state index >= 15 is 0 Å². The molecule has 15 nitrogen and oxygen atoms in total. The molecule has 6 unspecified atom stereocenters. The highest BCUT2D eigenvalue weighted by Crippen LogP contribution is 2.47. The fourth-order valence-corrected chi connectivity index (χ4v) is 7.02. The number of carbonyl (C=O) groups excluding carboxylic acids is 2. The van der Waals surface area contributed by atoms with Crippen LogP contribution in [0.25, 0.3) is 11.2 Å². The molecule has 3 heterocycles. The minimum atomic E-state index is -3.77. The minimum Gasteiger partial charge on any atom is -0.462 e. The molecule has 2 aromatic heterocycles. The average Bonchev–Trinajstić information content (AvgIpc) is 3.42. The number of aliphatic hydroxyl groups excluding tert-OH is 2. The van der Waals surface area contributed by atoms with Crippen molar-refractivity contribution in [3.8, 4) is 0 Å². The number of fused-ring (bicyclic) bond motifs is 1. The van der Waals surface area contributed by atoms with Gasteiger partial charge in [0.15, 0.2) is 29.9 Å². The zero-order valence-corrected chi connectivity index (χ0v) is 25.5. The normalized spacial score (nSPS) is 25.6. The number of hydrogen-bond donors (Lipinski definition) is 5. The van der Waals surface area contributed by atoms with E-state index in [1.807, 2.05) is 0 Å². The summed E-state index contributed by atoms with van der Waals surface area (Å²) in [6, 6.07) is -2.20. The number of aromatic nitrogens is 4. The van der Waals surface area contributed by atoms with Crippen LogP contribution in [0.3, 0.4) is 0 Å². The van der Waals surface area contributed by atoms with Gasteiger partial charge in [0, 0.05) is 0 Å². The molecule has 0 saturated carbocycles. The molecule has 236 valence electrons.